The largest absolute Gasteiger partial charge is 0.480 e. The van der Waals surface area contributed by atoms with E-state index in [1.807, 2.05) is 5.32 Å². The Morgan fingerprint density at radius 3 is 2.50 bits per heavy atom. The van der Waals surface area contributed by atoms with E-state index in [0.717, 1.165) is 0 Å². The summed E-state index contributed by atoms with van der Waals surface area (Å²) in [4.78, 5) is 11.9. The maximum absolute atomic E-state index is 12.2. The summed E-state index contributed by atoms with van der Waals surface area (Å²) < 4.78 is 41.4. The van der Waals surface area contributed by atoms with Gasteiger partial charge in [0.1, 0.15) is 6.54 Å². The van der Waals surface area contributed by atoms with Crippen molar-refractivity contribution in [3.63, 3.8) is 0 Å². The molecular formula is C14H12F3N3O2. The van der Waals surface area contributed by atoms with E-state index in [2.05, 4.69) is 10.2 Å². The van der Waals surface area contributed by atoms with Crippen LogP contribution in [0.2, 0.25) is 0 Å². The molecule has 5 nitrogen and oxygen atoms in total. The maximum atomic E-state index is 12.2. The molecule has 0 fully saturated rings. The van der Waals surface area contributed by atoms with E-state index in [0.29, 0.717) is 17.1 Å². The highest BCUT2D eigenvalue weighted by Gasteiger charge is 2.28. The second-order valence-corrected chi connectivity index (χ2v) is 4.30. The van der Waals surface area contributed by atoms with Gasteiger partial charge >= 0.3 is 6.18 Å². The second kappa shape index (κ2) is 6.42. The lowest BCUT2D eigenvalue weighted by molar-refractivity contribution is -0.123. The first kappa shape index (κ1) is 15.7. The number of amides is 1. The minimum Gasteiger partial charge on any atom is -0.480 e. The third-order valence-electron chi connectivity index (χ3n) is 2.75. The number of benzene rings is 1. The number of ether oxygens (including phenoxy) is 1. The topological polar surface area (TPSA) is 64.1 Å². The molecule has 0 spiro atoms. The third-order valence-corrected chi connectivity index (χ3v) is 2.75. The highest BCUT2D eigenvalue weighted by Crippen LogP contribution is 2.22. The molecule has 22 heavy (non-hydrogen) atoms. The molecule has 1 heterocycles. The summed E-state index contributed by atoms with van der Waals surface area (Å²) in [6.07, 6.45) is -4.47. The van der Waals surface area contributed by atoms with E-state index >= 15 is 0 Å². The normalized spacial score (nSPS) is 11.1. The molecule has 0 atom stereocenters. The van der Waals surface area contributed by atoms with Crippen LogP contribution in [-0.4, -0.2) is 35.9 Å². The number of carbonyl (C=O) groups is 1. The number of nitrogens with zero attached hydrogens (tertiary/aromatic N) is 2. The van der Waals surface area contributed by atoms with Gasteiger partial charge in [0.15, 0.2) is 0 Å². The predicted octanol–water partition coefficient (Wildman–Crippen LogP) is 2.44. The van der Waals surface area contributed by atoms with Crippen molar-refractivity contribution in [2.24, 2.45) is 0 Å². The van der Waals surface area contributed by atoms with Crippen molar-refractivity contribution >= 4 is 5.91 Å². The Morgan fingerprint density at radius 2 is 1.91 bits per heavy atom. The summed E-state index contributed by atoms with van der Waals surface area (Å²) in [5.74, 6) is -0.534. The van der Waals surface area contributed by atoms with Crippen molar-refractivity contribution in [3.05, 3.63) is 42.0 Å². The zero-order chi connectivity index (χ0) is 16.2. The van der Waals surface area contributed by atoms with E-state index < -0.39 is 18.6 Å². The summed E-state index contributed by atoms with van der Waals surface area (Å²) in [5.41, 5.74) is 0.835. The smallest absolute Gasteiger partial charge is 0.405 e. The number of rotatable bonds is 4. The van der Waals surface area contributed by atoms with Gasteiger partial charge in [-0.3, -0.25) is 4.79 Å². The van der Waals surface area contributed by atoms with Crippen molar-refractivity contribution in [2.45, 2.75) is 6.18 Å². The number of alkyl halides is 3. The lowest BCUT2D eigenvalue weighted by atomic mass is 10.0. The molecular weight excluding hydrogens is 299 g/mol. The molecule has 0 unspecified atom stereocenters. The predicted molar refractivity (Wildman–Crippen MR) is 72.4 cm³/mol. The van der Waals surface area contributed by atoms with E-state index in [-0.39, 0.29) is 5.56 Å². The van der Waals surface area contributed by atoms with Crippen LogP contribution >= 0.6 is 0 Å². The van der Waals surface area contributed by atoms with E-state index in [1.165, 1.54) is 13.2 Å². The monoisotopic (exact) mass is 311 g/mol. The number of carbonyl (C=O) groups excluding carboxylic acids is 1. The van der Waals surface area contributed by atoms with E-state index in [1.54, 1.807) is 30.3 Å². The van der Waals surface area contributed by atoms with Gasteiger partial charge in [0.25, 0.3) is 5.91 Å². The number of nitrogens with one attached hydrogen (secondary N) is 1. The molecule has 1 amide bonds. The lowest BCUT2D eigenvalue weighted by Crippen LogP contribution is -2.34. The van der Waals surface area contributed by atoms with Gasteiger partial charge in [-0.1, -0.05) is 18.2 Å². The summed E-state index contributed by atoms with van der Waals surface area (Å²) >= 11 is 0. The molecule has 0 saturated carbocycles. The minimum absolute atomic E-state index is 0.0891. The van der Waals surface area contributed by atoms with Crippen molar-refractivity contribution in [1.29, 1.82) is 0 Å². The maximum Gasteiger partial charge on any atom is 0.405 e. The molecule has 0 bridgehead atoms. The van der Waals surface area contributed by atoms with Gasteiger partial charge in [-0.05, 0) is 12.1 Å². The lowest BCUT2D eigenvalue weighted by Gasteiger charge is -2.11. The molecule has 116 valence electrons. The number of hydrogen-bond acceptors (Lipinski definition) is 4. The standard InChI is InChI=1S/C14H12F3N3O2/c1-22-12-7-6-11(19-20-12)9-4-2-3-5-10(9)13(21)18-8-14(15,16)17/h2-7H,8H2,1H3,(H,18,21). The van der Waals surface area contributed by atoms with Crippen LogP contribution in [0.1, 0.15) is 10.4 Å². The first-order chi connectivity index (χ1) is 10.4. The first-order valence-corrected chi connectivity index (χ1v) is 6.23. The average Bonchev–Trinajstić information content (AvgIpc) is 2.52. The number of halogens is 3. The average molecular weight is 311 g/mol. The van der Waals surface area contributed by atoms with Crippen molar-refractivity contribution < 1.29 is 22.7 Å². The van der Waals surface area contributed by atoms with Crippen LogP contribution in [0.3, 0.4) is 0 Å². The van der Waals surface area contributed by atoms with Gasteiger partial charge in [-0.2, -0.15) is 13.2 Å². The summed E-state index contributed by atoms with van der Waals surface area (Å²) in [6, 6.07) is 9.34. The first-order valence-electron chi connectivity index (χ1n) is 6.23. The minimum atomic E-state index is -4.47. The molecule has 2 rings (SSSR count). The van der Waals surface area contributed by atoms with Crippen LogP contribution in [0.5, 0.6) is 5.88 Å². The molecule has 0 saturated heterocycles. The highest BCUT2D eigenvalue weighted by molar-refractivity contribution is 6.00. The van der Waals surface area contributed by atoms with Gasteiger partial charge in [0.05, 0.1) is 12.8 Å². The quantitative estimate of drug-likeness (QED) is 0.942. The van der Waals surface area contributed by atoms with Crippen LogP contribution < -0.4 is 10.1 Å². The Labute approximate surface area is 124 Å². The Hall–Kier alpha value is -2.64. The van der Waals surface area contributed by atoms with Gasteiger partial charge in [0.2, 0.25) is 5.88 Å². The van der Waals surface area contributed by atoms with Crippen LogP contribution in [0, 0.1) is 0 Å². The fourth-order valence-corrected chi connectivity index (χ4v) is 1.75. The molecule has 8 heteroatoms. The second-order valence-electron chi connectivity index (χ2n) is 4.30. The van der Waals surface area contributed by atoms with E-state index in [9.17, 15) is 18.0 Å². The van der Waals surface area contributed by atoms with Gasteiger partial charge in [0, 0.05) is 17.2 Å². The molecule has 0 aliphatic rings. The third kappa shape index (κ3) is 3.94. The van der Waals surface area contributed by atoms with Crippen molar-refractivity contribution in [3.8, 4) is 17.1 Å². The molecule has 1 N–H and O–H groups in total. The molecule has 0 aliphatic heterocycles. The zero-order valence-corrected chi connectivity index (χ0v) is 11.5. The number of methoxy groups -OCH3 is 1. The Kier molecular flexibility index (Phi) is 4.59. The highest BCUT2D eigenvalue weighted by atomic mass is 19.4. The zero-order valence-electron chi connectivity index (χ0n) is 11.5. The molecule has 2 aromatic rings. The van der Waals surface area contributed by atoms with Crippen LogP contribution in [0.25, 0.3) is 11.3 Å². The van der Waals surface area contributed by atoms with Gasteiger partial charge in [-0.25, -0.2) is 0 Å². The SMILES string of the molecule is COc1ccc(-c2ccccc2C(=O)NCC(F)(F)F)nn1. The summed E-state index contributed by atoms with van der Waals surface area (Å²) in [5, 5.41) is 9.50. The van der Waals surface area contributed by atoms with Crippen molar-refractivity contribution in [2.75, 3.05) is 13.7 Å². The van der Waals surface area contributed by atoms with Gasteiger partial charge in [-0.15, -0.1) is 10.2 Å². The fraction of sp³-hybridized carbons (Fsp3) is 0.214. The Balaban J connectivity index is 2.27. The van der Waals surface area contributed by atoms with E-state index in [4.69, 9.17) is 4.74 Å². The van der Waals surface area contributed by atoms with Crippen LogP contribution in [0.4, 0.5) is 13.2 Å². The fourth-order valence-electron chi connectivity index (χ4n) is 1.75. The number of aromatic nitrogens is 2. The van der Waals surface area contributed by atoms with Crippen LogP contribution in [-0.2, 0) is 0 Å². The van der Waals surface area contributed by atoms with Gasteiger partial charge < -0.3 is 10.1 Å². The Bertz CT molecular complexity index is 657. The summed E-state index contributed by atoms with van der Waals surface area (Å²) in [7, 11) is 1.43. The van der Waals surface area contributed by atoms with Crippen LogP contribution in [0.15, 0.2) is 36.4 Å². The molecule has 0 aliphatic carbocycles. The molecule has 0 radical (unpaired) electrons. The molecule has 1 aromatic carbocycles. The number of hydrogen-bond donors (Lipinski definition) is 1. The molecule has 1 aromatic heterocycles. The van der Waals surface area contributed by atoms with Crippen molar-refractivity contribution in [1.82, 2.24) is 15.5 Å². The summed E-state index contributed by atoms with van der Waals surface area (Å²) in [6.45, 7) is -1.39. The Morgan fingerprint density at radius 1 is 1.18 bits per heavy atom.